The topological polar surface area (TPSA) is 87.5 Å². The van der Waals surface area contributed by atoms with Crippen molar-refractivity contribution in [2.45, 2.75) is 45.7 Å². The molecule has 2 aliphatic rings. The van der Waals surface area contributed by atoms with Crippen LogP contribution in [0.5, 0.6) is 0 Å². The van der Waals surface area contributed by atoms with Crippen LogP contribution in [0.3, 0.4) is 0 Å². The van der Waals surface area contributed by atoms with Crippen LogP contribution in [0.2, 0.25) is 0 Å². The normalized spacial score (nSPS) is 17.7. The first-order valence-electron chi connectivity index (χ1n) is 9.79. The third kappa shape index (κ3) is 3.33. The Labute approximate surface area is 173 Å². The molecule has 9 heteroatoms. The fourth-order valence-corrected chi connectivity index (χ4v) is 5.30. The SMILES string of the molecule is CC(C)c1nccn1C(C)C(=O)N1CCc2c(sc3c2C(=O)N(C)CC(=O)N3)C1. The first kappa shape index (κ1) is 19.6. The molecule has 4 rings (SSSR count). The number of nitrogens with zero attached hydrogens (tertiary/aromatic N) is 4. The minimum atomic E-state index is -0.346. The van der Waals surface area contributed by atoms with E-state index in [1.54, 1.807) is 13.2 Å². The highest BCUT2D eigenvalue weighted by Crippen LogP contribution is 2.39. The molecule has 154 valence electrons. The Morgan fingerprint density at radius 3 is 2.72 bits per heavy atom. The molecule has 0 saturated heterocycles. The van der Waals surface area contributed by atoms with Gasteiger partial charge in [-0.2, -0.15) is 0 Å². The minimum absolute atomic E-state index is 0.0339. The molecule has 0 aliphatic carbocycles. The summed E-state index contributed by atoms with van der Waals surface area (Å²) in [7, 11) is 1.64. The molecule has 0 fully saturated rings. The van der Waals surface area contributed by atoms with Crippen LogP contribution in [0.15, 0.2) is 12.4 Å². The first-order chi connectivity index (χ1) is 13.8. The Kier molecular flexibility index (Phi) is 4.94. The largest absolute Gasteiger partial charge is 0.335 e. The van der Waals surface area contributed by atoms with Crippen molar-refractivity contribution in [2.75, 3.05) is 25.5 Å². The number of aromatic nitrogens is 2. The second-order valence-electron chi connectivity index (χ2n) is 7.95. The third-order valence-electron chi connectivity index (χ3n) is 5.55. The molecule has 0 bridgehead atoms. The van der Waals surface area contributed by atoms with E-state index in [1.807, 2.05) is 22.6 Å². The van der Waals surface area contributed by atoms with Crippen LogP contribution >= 0.6 is 11.3 Å². The minimum Gasteiger partial charge on any atom is -0.335 e. The molecule has 1 atom stereocenters. The number of nitrogens with one attached hydrogen (secondary N) is 1. The van der Waals surface area contributed by atoms with Crippen LogP contribution in [0.25, 0.3) is 0 Å². The fourth-order valence-electron chi connectivity index (χ4n) is 4.03. The zero-order valence-corrected chi connectivity index (χ0v) is 17.9. The van der Waals surface area contributed by atoms with Crippen LogP contribution in [0.1, 0.15) is 59.4 Å². The van der Waals surface area contributed by atoms with Gasteiger partial charge in [0.1, 0.15) is 16.9 Å². The Bertz CT molecular complexity index is 992. The summed E-state index contributed by atoms with van der Waals surface area (Å²) in [5.41, 5.74) is 1.56. The van der Waals surface area contributed by atoms with Gasteiger partial charge < -0.3 is 19.7 Å². The zero-order valence-electron chi connectivity index (χ0n) is 17.1. The number of carbonyl (C=O) groups is 3. The highest BCUT2D eigenvalue weighted by Gasteiger charge is 2.35. The van der Waals surface area contributed by atoms with Crippen LogP contribution in [-0.2, 0) is 22.6 Å². The summed E-state index contributed by atoms with van der Waals surface area (Å²) in [5, 5.41) is 3.46. The summed E-state index contributed by atoms with van der Waals surface area (Å²) in [6, 6.07) is -0.346. The quantitative estimate of drug-likeness (QED) is 0.833. The number of imidazole rings is 1. The maximum atomic E-state index is 13.2. The Morgan fingerprint density at radius 2 is 2.00 bits per heavy atom. The average Bonchev–Trinajstić information content (AvgIpc) is 3.27. The number of rotatable bonds is 3. The van der Waals surface area contributed by atoms with Crippen LogP contribution in [-0.4, -0.2) is 57.2 Å². The van der Waals surface area contributed by atoms with Crippen molar-refractivity contribution >= 4 is 34.1 Å². The lowest BCUT2D eigenvalue weighted by Crippen LogP contribution is -2.40. The van der Waals surface area contributed by atoms with Crippen molar-refractivity contribution in [1.82, 2.24) is 19.4 Å². The summed E-state index contributed by atoms with van der Waals surface area (Å²) in [4.78, 5) is 46.6. The number of carbonyl (C=O) groups excluding carboxylic acids is 3. The molecule has 0 radical (unpaired) electrons. The van der Waals surface area contributed by atoms with E-state index in [4.69, 9.17) is 0 Å². The molecule has 1 N–H and O–H groups in total. The molecular formula is C20H25N5O3S. The van der Waals surface area contributed by atoms with E-state index in [-0.39, 0.29) is 36.2 Å². The Balaban J connectivity index is 1.59. The number of hydrogen-bond donors (Lipinski definition) is 1. The molecule has 0 saturated carbocycles. The predicted octanol–water partition coefficient (Wildman–Crippen LogP) is 2.24. The van der Waals surface area contributed by atoms with Crippen molar-refractivity contribution in [1.29, 1.82) is 0 Å². The summed E-state index contributed by atoms with van der Waals surface area (Å²) in [6.07, 6.45) is 4.19. The summed E-state index contributed by atoms with van der Waals surface area (Å²) < 4.78 is 1.94. The van der Waals surface area contributed by atoms with Gasteiger partial charge in [0.2, 0.25) is 11.8 Å². The van der Waals surface area contributed by atoms with Crippen LogP contribution in [0.4, 0.5) is 5.00 Å². The van der Waals surface area contributed by atoms with Gasteiger partial charge in [-0.25, -0.2) is 4.98 Å². The highest BCUT2D eigenvalue weighted by molar-refractivity contribution is 7.17. The van der Waals surface area contributed by atoms with Gasteiger partial charge in [-0.1, -0.05) is 13.8 Å². The molecule has 2 aromatic rings. The molecule has 4 heterocycles. The van der Waals surface area contributed by atoms with Crippen LogP contribution in [0, 0.1) is 0 Å². The maximum absolute atomic E-state index is 13.2. The van der Waals surface area contributed by atoms with E-state index in [0.29, 0.717) is 30.1 Å². The van der Waals surface area contributed by atoms with E-state index in [9.17, 15) is 14.4 Å². The van der Waals surface area contributed by atoms with Gasteiger partial charge in [-0.05, 0) is 18.9 Å². The Morgan fingerprint density at radius 1 is 1.24 bits per heavy atom. The van der Waals surface area contributed by atoms with Crippen molar-refractivity contribution in [3.63, 3.8) is 0 Å². The molecule has 3 amide bonds. The number of amides is 3. The molecule has 0 spiro atoms. The van der Waals surface area contributed by atoms with Gasteiger partial charge in [-0.15, -0.1) is 11.3 Å². The average molecular weight is 416 g/mol. The van der Waals surface area contributed by atoms with Crippen molar-refractivity contribution in [3.05, 3.63) is 34.2 Å². The second-order valence-corrected chi connectivity index (χ2v) is 9.06. The van der Waals surface area contributed by atoms with Crippen LogP contribution < -0.4 is 5.32 Å². The van der Waals surface area contributed by atoms with Gasteiger partial charge >= 0.3 is 0 Å². The van der Waals surface area contributed by atoms with Gasteiger partial charge in [0.15, 0.2) is 0 Å². The summed E-state index contributed by atoms with van der Waals surface area (Å²) in [5.74, 6) is 0.826. The van der Waals surface area contributed by atoms with E-state index >= 15 is 0 Å². The molecule has 2 aliphatic heterocycles. The van der Waals surface area contributed by atoms with Crippen molar-refractivity contribution < 1.29 is 14.4 Å². The number of thiophene rings is 1. The monoisotopic (exact) mass is 415 g/mol. The maximum Gasteiger partial charge on any atom is 0.257 e. The van der Waals surface area contributed by atoms with E-state index in [2.05, 4.69) is 24.1 Å². The van der Waals surface area contributed by atoms with Gasteiger partial charge in [0.05, 0.1) is 18.7 Å². The molecular weight excluding hydrogens is 390 g/mol. The third-order valence-corrected chi connectivity index (χ3v) is 6.68. The lowest BCUT2D eigenvalue weighted by Gasteiger charge is -2.30. The number of likely N-dealkylation sites (N-methyl/N-ethyl adjacent to an activating group) is 1. The zero-order chi connectivity index (χ0) is 20.9. The van der Waals surface area contributed by atoms with Gasteiger partial charge in [-0.3, -0.25) is 14.4 Å². The first-order valence-corrected chi connectivity index (χ1v) is 10.6. The molecule has 2 aromatic heterocycles. The molecule has 1 unspecified atom stereocenters. The molecule has 8 nitrogen and oxygen atoms in total. The van der Waals surface area contributed by atoms with E-state index in [0.717, 1.165) is 16.3 Å². The van der Waals surface area contributed by atoms with Gasteiger partial charge in [0.25, 0.3) is 5.91 Å². The van der Waals surface area contributed by atoms with Crippen molar-refractivity contribution in [3.8, 4) is 0 Å². The Hall–Kier alpha value is -2.68. The predicted molar refractivity (Wildman–Crippen MR) is 110 cm³/mol. The fraction of sp³-hybridized carbons (Fsp3) is 0.500. The second kappa shape index (κ2) is 7.29. The van der Waals surface area contributed by atoms with E-state index in [1.165, 1.54) is 16.2 Å². The van der Waals surface area contributed by atoms with Gasteiger partial charge in [0, 0.05) is 36.8 Å². The summed E-state index contributed by atoms with van der Waals surface area (Å²) >= 11 is 1.41. The lowest BCUT2D eigenvalue weighted by molar-refractivity contribution is -0.135. The smallest absolute Gasteiger partial charge is 0.257 e. The number of fused-ring (bicyclic) bond motifs is 3. The van der Waals surface area contributed by atoms with Crippen molar-refractivity contribution in [2.24, 2.45) is 0 Å². The highest BCUT2D eigenvalue weighted by atomic mass is 32.1. The standard InChI is InChI=1S/C20H25N5O3S/c1-11(2)17-21-6-8-25(17)12(3)19(27)24-7-5-13-14(9-24)29-18-16(13)20(28)23(4)10-15(26)22-18/h6,8,11-12H,5,7,9-10H2,1-4H3,(H,22,26). The number of anilines is 1. The molecule has 0 aromatic carbocycles. The molecule has 29 heavy (non-hydrogen) atoms. The number of hydrogen-bond acceptors (Lipinski definition) is 5. The lowest BCUT2D eigenvalue weighted by atomic mass is 10.0. The summed E-state index contributed by atoms with van der Waals surface area (Å²) in [6.45, 7) is 7.08. The van der Waals surface area contributed by atoms with E-state index < -0.39 is 0 Å².